The number of benzene rings is 1. The van der Waals surface area contributed by atoms with Crippen LogP contribution in [-0.2, 0) is 11.0 Å². The van der Waals surface area contributed by atoms with Crippen molar-refractivity contribution in [1.29, 1.82) is 0 Å². The summed E-state index contributed by atoms with van der Waals surface area (Å²) in [6.07, 6.45) is 0.666. The van der Waals surface area contributed by atoms with Crippen molar-refractivity contribution in [3.8, 4) is 5.75 Å². The molecule has 0 aliphatic carbocycles. The van der Waals surface area contributed by atoms with E-state index in [1.807, 2.05) is 25.1 Å². The summed E-state index contributed by atoms with van der Waals surface area (Å²) in [5.41, 5.74) is 1.14. The maximum atomic E-state index is 10.6. The lowest BCUT2D eigenvalue weighted by atomic mass is 10.2. The Morgan fingerprint density at radius 1 is 1.40 bits per heavy atom. The molecule has 0 aliphatic heterocycles. The first-order valence-electron chi connectivity index (χ1n) is 4.77. The van der Waals surface area contributed by atoms with Crippen LogP contribution < -0.4 is 4.74 Å². The molecule has 1 aromatic rings. The molecule has 0 fully saturated rings. The summed E-state index contributed by atoms with van der Waals surface area (Å²) in [6, 6.07) is 7.50. The van der Waals surface area contributed by atoms with Crippen molar-refractivity contribution in [2.45, 2.75) is 13.3 Å². The van der Waals surface area contributed by atoms with Crippen molar-refractivity contribution < 1.29 is 19.1 Å². The molecule has 15 heavy (non-hydrogen) atoms. The zero-order valence-electron chi connectivity index (χ0n) is 8.59. The van der Waals surface area contributed by atoms with E-state index in [9.17, 15) is 4.57 Å². The molecule has 1 aromatic carbocycles. The summed E-state index contributed by atoms with van der Waals surface area (Å²) in [5.74, 6) is 0.655. The third-order valence-corrected chi connectivity index (χ3v) is 2.72. The number of rotatable bonds is 5. The minimum Gasteiger partial charge on any atom is -0.493 e. The Bertz CT molecular complexity index is 358. The van der Waals surface area contributed by atoms with Crippen molar-refractivity contribution in [3.63, 3.8) is 0 Å². The maximum absolute atomic E-state index is 10.6. The molecule has 4 nitrogen and oxygen atoms in total. The molecule has 0 atom stereocenters. The normalized spacial score (nSPS) is 11.4. The molecule has 5 heteroatoms. The van der Waals surface area contributed by atoms with Gasteiger partial charge in [-0.2, -0.15) is 0 Å². The highest BCUT2D eigenvalue weighted by Gasteiger charge is 2.12. The van der Waals surface area contributed by atoms with E-state index in [-0.39, 0.29) is 12.8 Å². The second-order valence-corrected chi connectivity index (χ2v) is 5.01. The zero-order chi connectivity index (χ0) is 11.3. The Morgan fingerprint density at radius 3 is 2.73 bits per heavy atom. The summed E-state index contributed by atoms with van der Waals surface area (Å²) >= 11 is 0. The minimum atomic E-state index is -3.95. The quantitative estimate of drug-likeness (QED) is 0.757. The molecule has 0 heterocycles. The third-order valence-electron chi connectivity index (χ3n) is 1.96. The molecule has 0 saturated carbocycles. The molecule has 0 saturated heterocycles. The van der Waals surface area contributed by atoms with Gasteiger partial charge >= 0.3 is 7.60 Å². The molecule has 0 radical (unpaired) electrons. The Kier molecular flexibility index (Phi) is 4.33. The van der Waals surface area contributed by atoms with E-state index in [2.05, 4.69) is 0 Å². The predicted octanol–water partition coefficient (Wildman–Crippen LogP) is 1.81. The SMILES string of the molecule is CCc1cccc(OCCP(=O)(O)O)c1. The number of hydrogen-bond donors (Lipinski definition) is 2. The van der Waals surface area contributed by atoms with Crippen molar-refractivity contribution in [2.24, 2.45) is 0 Å². The van der Waals surface area contributed by atoms with Crippen LogP contribution in [0.15, 0.2) is 24.3 Å². The third kappa shape index (κ3) is 4.98. The summed E-state index contributed by atoms with van der Waals surface area (Å²) in [5, 5.41) is 0. The van der Waals surface area contributed by atoms with E-state index in [1.165, 1.54) is 0 Å². The monoisotopic (exact) mass is 230 g/mol. The van der Waals surface area contributed by atoms with Gasteiger partial charge in [0.05, 0.1) is 12.8 Å². The smallest absolute Gasteiger partial charge is 0.328 e. The lowest BCUT2D eigenvalue weighted by molar-refractivity contribution is 0.316. The zero-order valence-corrected chi connectivity index (χ0v) is 9.48. The molecule has 0 aromatic heterocycles. The molecule has 0 spiro atoms. The predicted molar refractivity (Wildman–Crippen MR) is 58.2 cm³/mol. The highest BCUT2D eigenvalue weighted by molar-refractivity contribution is 7.51. The fraction of sp³-hybridized carbons (Fsp3) is 0.400. The van der Waals surface area contributed by atoms with Crippen molar-refractivity contribution >= 4 is 7.60 Å². The van der Waals surface area contributed by atoms with Crippen LogP contribution in [0.25, 0.3) is 0 Å². The Morgan fingerprint density at radius 2 is 2.13 bits per heavy atom. The van der Waals surface area contributed by atoms with E-state index in [1.54, 1.807) is 6.07 Å². The van der Waals surface area contributed by atoms with Crippen molar-refractivity contribution in [1.82, 2.24) is 0 Å². The molecule has 2 N–H and O–H groups in total. The molecular weight excluding hydrogens is 215 g/mol. The summed E-state index contributed by atoms with van der Waals surface area (Å²) in [7, 11) is -3.95. The van der Waals surface area contributed by atoms with Crippen LogP contribution in [0.3, 0.4) is 0 Å². The van der Waals surface area contributed by atoms with E-state index in [0.29, 0.717) is 5.75 Å². The maximum Gasteiger partial charge on any atom is 0.328 e. The average Bonchev–Trinajstić information content (AvgIpc) is 2.16. The summed E-state index contributed by atoms with van der Waals surface area (Å²) in [4.78, 5) is 17.3. The molecule has 0 bridgehead atoms. The van der Waals surface area contributed by atoms with Crippen LogP contribution >= 0.6 is 7.60 Å². The molecule has 1 rings (SSSR count). The van der Waals surface area contributed by atoms with Crippen LogP contribution in [0.1, 0.15) is 12.5 Å². The van der Waals surface area contributed by atoms with Gasteiger partial charge in [-0.05, 0) is 24.1 Å². The first-order valence-corrected chi connectivity index (χ1v) is 6.57. The van der Waals surface area contributed by atoms with Gasteiger partial charge in [-0.3, -0.25) is 4.57 Å². The standard InChI is InChI=1S/C10H15O4P/c1-2-9-4-3-5-10(8-9)14-6-7-15(11,12)13/h3-5,8H,2,6-7H2,1H3,(H2,11,12,13). The lowest BCUT2D eigenvalue weighted by Crippen LogP contribution is -2.03. The summed E-state index contributed by atoms with van der Waals surface area (Å²) in [6.45, 7) is 2.08. The second-order valence-electron chi connectivity index (χ2n) is 3.24. The van der Waals surface area contributed by atoms with Gasteiger partial charge < -0.3 is 14.5 Å². The first-order chi connectivity index (χ1) is 7.01. The van der Waals surface area contributed by atoms with E-state index in [0.717, 1.165) is 12.0 Å². The molecule has 0 amide bonds. The number of hydrogen-bond acceptors (Lipinski definition) is 2. The van der Waals surface area contributed by atoms with Crippen molar-refractivity contribution in [3.05, 3.63) is 29.8 Å². The topological polar surface area (TPSA) is 66.8 Å². The van der Waals surface area contributed by atoms with Gasteiger partial charge in [-0.25, -0.2) is 0 Å². The number of aryl methyl sites for hydroxylation is 1. The fourth-order valence-electron chi connectivity index (χ4n) is 1.14. The van der Waals surface area contributed by atoms with E-state index >= 15 is 0 Å². The molecule has 0 aliphatic rings. The Hall–Kier alpha value is -0.830. The van der Waals surface area contributed by atoms with E-state index in [4.69, 9.17) is 14.5 Å². The lowest BCUT2D eigenvalue weighted by Gasteiger charge is -2.08. The summed E-state index contributed by atoms with van der Waals surface area (Å²) < 4.78 is 15.8. The Balaban J connectivity index is 2.47. The van der Waals surface area contributed by atoms with Crippen LogP contribution in [0, 0.1) is 0 Å². The van der Waals surface area contributed by atoms with Crippen LogP contribution in [0.2, 0.25) is 0 Å². The van der Waals surface area contributed by atoms with Gasteiger partial charge in [-0.1, -0.05) is 19.1 Å². The van der Waals surface area contributed by atoms with Gasteiger partial charge in [0.2, 0.25) is 0 Å². The van der Waals surface area contributed by atoms with Gasteiger partial charge in [-0.15, -0.1) is 0 Å². The molecular formula is C10H15O4P. The average molecular weight is 230 g/mol. The number of ether oxygens (including phenoxy) is 1. The minimum absolute atomic E-state index is 0.0391. The molecule has 84 valence electrons. The van der Waals surface area contributed by atoms with Gasteiger partial charge in [0.15, 0.2) is 0 Å². The Labute approximate surface area is 89.1 Å². The van der Waals surface area contributed by atoms with Gasteiger partial charge in [0.25, 0.3) is 0 Å². The van der Waals surface area contributed by atoms with Gasteiger partial charge in [0.1, 0.15) is 5.75 Å². The molecule has 0 unspecified atom stereocenters. The van der Waals surface area contributed by atoms with E-state index < -0.39 is 7.60 Å². The van der Waals surface area contributed by atoms with Crippen LogP contribution in [0.5, 0.6) is 5.75 Å². The highest BCUT2D eigenvalue weighted by Crippen LogP contribution is 2.33. The largest absolute Gasteiger partial charge is 0.493 e. The van der Waals surface area contributed by atoms with Crippen LogP contribution in [-0.4, -0.2) is 22.6 Å². The fourth-order valence-corrected chi connectivity index (χ4v) is 1.47. The second kappa shape index (κ2) is 5.31. The first kappa shape index (κ1) is 12.2. The van der Waals surface area contributed by atoms with Crippen molar-refractivity contribution in [2.75, 3.05) is 12.8 Å². The van der Waals surface area contributed by atoms with Gasteiger partial charge in [0, 0.05) is 0 Å². The highest BCUT2D eigenvalue weighted by atomic mass is 31.2. The van der Waals surface area contributed by atoms with Crippen LogP contribution in [0.4, 0.5) is 0 Å².